The standard InChI is InChI=1S/C14H26N2O3/c1-4-12(5-2)15-13(17)10-16-8-6-7-11(9-16)14(18)19-3/h11-12H,4-10H2,1-3H3,(H,15,17). The van der Waals surface area contributed by atoms with Crippen molar-refractivity contribution in [1.82, 2.24) is 10.2 Å². The Balaban J connectivity index is 2.39. The lowest BCUT2D eigenvalue weighted by molar-refractivity contribution is -0.147. The van der Waals surface area contributed by atoms with Gasteiger partial charge in [0, 0.05) is 12.6 Å². The number of rotatable bonds is 6. The minimum absolute atomic E-state index is 0.0548. The molecule has 1 N–H and O–H groups in total. The average molecular weight is 270 g/mol. The first-order valence-electron chi connectivity index (χ1n) is 7.20. The van der Waals surface area contributed by atoms with E-state index in [1.165, 1.54) is 7.11 Å². The molecule has 0 spiro atoms. The van der Waals surface area contributed by atoms with Crippen molar-refractivity contribution in [3.05, 3.63) is 0 Å². The third-order valence-electron chi connectivity index (χ3n) is 3.76. The molecular weight excluding hydrogens is 244 g/mol. The monoisotopic (exact) mass is 270 g/mol. The Labute approximate surface area is 115 Å². The summed E-state index contributed by atoms with van der Waals surface area (Å²) >= 11 is 0. The highest BCUT2D eigenvalue weighted by Gasteiger charge is 2.27. The predicted octanol–water partition coefficient (Wildman–Crippen LogP) is 1.18. The highest BCUT2D eigenvalue weighted by molar-refractivity contribution is 5.78. The summed E-state index contributed by atoms with van der Waals surface area (Å²) in [6.45, 7) is 6.03. The molecule has 1 unspecified atom stereocenters. The van der Waals surface area contributed by atoms with Crippen LogP contribution in [0.3, 0.4) is 0 Å². The lowest BCUT2D eigenvalue weighted by Crippen LogP contribution is -2.46. The maximum Gasteiger partial charge on any atom is 0.309 e. The summed E-state index contributed by atoms with van der Waals surface area (Å²) in [5.41, 5.74) is 0. The van der Waals surface area contributed by atoms with E-state index in [1.807, 2.05) is 4.90 Å². The molecule has 1 rings (SSSR count). The van der Waals surface area contributed by atoms with Crippen LogP contribution in [0.15, 0.2) is 0 Å². The zero-order valence-corrected chi connectivity index (χ0v) is 12.3. The van der Waals surface area contributed by atoms with Crippen LogP contribution in [0.5, 0.6) is 0 Å². The van der Waals surface area contributed by atoms with Gasteiger partial charge in [-0.15, -0.1) is 0 Å². The molecule has 1 atom stereocenters. The fourth-order valence-corrected chi connectivity index (χ4v) is 2.53. The van der Waals surface area contributed by atoms with E-state index >= 15 is 0 Å². The number of carbonyl (C=O) groups is 2. The Kier molecular flexibility index (Phi) is 6.84. The lowest BCUT2D eigenvalue weighted by atomic mass is 9.98. The van der Waals surface area contributed by atoms with Gasteiger partial charge in [-0.1, -0.05) is 13.8 Å². The van der Waals surface area contributed by atoms with Crippen LogP contribution in [0.1, 0.15) is 39.5 Å². The van der Waals surface area contributed by atoms with Crippen LogP contribution in [0, 0.1) is 5.92 Å². The SMILES string of the molecule is CCC(CC)NC(=O)CN1CCCC(C(=O)OC)C1. The molecule has 5 nitrogen and oxygen atoms in total. The van der Waals surface area contributed by atoms with Gasteiger partial charge in [-0.2, -0.15) is 0 Å². The molecule has 0 aromatic heterocycles. The summed E-state index contributed by atoms with van der Waals surface area (Å²) in [5.74, 6) is -0.191. The first-order chi connectivity index (χ1) is 9.10. The van der Waals surface area contributed by atoms with E-state index in [9.17, 15) is 9.59 Å². The normalized spacial score (nSPS) is 20.3. The Morgan fingerprint density at radius 1 is 1.37 bits per heavy atom. The molecule has 1 saturated heterocycles. The van der Waals surface area contributed by atoms with Crippen LogP contribution >= 0.6 is 0 Å². The second-order valence-electron chi connectivity index (χ2n) is 5.18. The molecule has 1 amide bonds. The highest BCUT2D eigenvalue weighted by atomic mass is 16.5. The van der Waals surface area contributed by atoms with Crippen molar-refractivity contribution in [2.45, 2.75) is 45.6 Å². The third kappa shape index (κ3) is 5.19. The molecule has 1 fully saturated rings. The van der Waals surface area contributed by atoms with Crippen molar-refractivity contribution in [1.29, 1.82) is 0 Å². The van der Waals surface area contributed by atoms with Gasteiger partial charge < -0.3 is 10.1 Å². The number of hydrogen-bond donors (Lipinski definition) is 1. The smallest absolute Gasteiger partial charge is 0.309 e. The fraction of sp³-hybridized carbons (Fsp3) is 0.857. The average Bonchev–Trinajstić information content (AvgIpc) is 2.44. The number of piperidine rings is 1. The summed E-state index contributed by atoms with van der Waals surface area (Å²) in [4.78, 5) is 25.5. The molecule has 1 aliphatic rings. The Morgan fingerprint density at radius 2 is 2.05 bits per heavy atom. The number of nitrogens with zero attached hydrogens (tertiary/aromatic N) is 1. The van der Waals surface area contributed by atoms with Crippen molar-refractivity contribution < 1.29 is 14.3 Å². The van der Waals surface area contributed by atoms with E-state index < -0.39 is 0 Å². The van der Waals surface area contributed by atoms with E-state index in [4.69, 9.17) is 4.74 Å². The number of methoxy groups -OCH3 is 1. The number of esters is 1. The zero-order chi connectivity index (χ0) is 14.3. The Bertz CT molecular complexity index is 303. The number of carbonyl (C=O) groups excluding carboxylic acids is 2. The van der Waals surface area contributed by atoms with Crippen LogP contribution in [-0.2, 0) is 14.3 Å². The van der Waals surface area contributed by atoms with Crippen molar-refractivity contribution in [2.24, 2.45) is 5.92 Å². The number of nitrogens with one attached hydrogen (secondary N) is 1. The maximum atomic E-state index is 11.9. The molecule has 5 heteroatoms. The van der Waals surface area contributed by atoms with Gasteiger partial charge >= 0.3 is 5.97 Å². The van der Waals surface area contributed by atoms with Gasteiger partial charge in [0.15, 0.2) is 0 Å². The van der Waals surface area contributed by atoms with Gasteiger partial charge in [-0.3, -0.25) is 14.5 Å². The molecule has 0 aromatic rings. The van der Waals surface area contributed by atoms with Gasteiger partial charge in [0.1, 0.15) is 0 Å². The van der Waals surface area contributed by atoms with Crippen molar-refractivity contribution >= 4 is 11.9 Å². The zero-order valence-electron chi connectivity index (χ0n) is 12.3. The molecule has 1 aliphatic heterocycles. The molecule has 1 heterocycles. The Hall–Kier alpha value is -1.10. The van der Waals surface area contributed by atoms with Gasteiger partial charge in [0.2, 0.25) is 5.91 Å². The van der Waals surface area contributed by atoms with E-state index in [2.05, 4.69) is 19.2 Å². The van der Waals surface area contributed by atoms with E-state index in [-0.39, 0.29) is 23.8 Å². The minimum Gasteiger partial charge on any atom is -0.469 e. The molecule has 0 aliphatic carbocycles. The van der Waals surface area contributed by atoms with Crippen LogP contribution < -0.4 is 5.32 Å². The summed E-state index contributed by atoms with van der Waals surface area (Å²) in [5, 5.41) is 3.02. The molecule has 0 aromatic carbocycles. The van der Waals surface area contributed by atoms with E-state index in [0.717, 1.165) is 32.2 Å². The molecule has 0 saturated carbocycles. The predicted molar refractivity (Wildman–Crippen MR) is 73.7 cm³/mol. The van der Waals surface area contributed by atoms with Crippen LogP contribution in [0.4, 0.5) is 0 Å². The summed E-state index contributed by atoms with van der Waals surface area (Å²) in [7, 11) is 1.42. The largest absolute Gasteiger partial charge is 0.469 e. The topological polar surface area (TPSA) is 58.6 Å². The van der Waals surface area contributed by atoms with E-state index in [0.29, 0.717) is 13.1 Å². The highest BCUT2D eigenvalue weighted by Crippen LogP contribution is 2.17. The Morgan fingerprint density at radius 3 is 2.63 bits per heavy atom. The number of hydrogen-bond acceptors (Lipinski definition) is 4. The van der Waals surface area contributed by atoms with Crippen LogP contribution in [-0.4, -0.2) is 49.6 Å². The van der Waals surface area contributed by atoms with Crippen molar-refractivity contribution in [3.8, 4) is 0 Å². The van der Waals surface area contributed by atoms with Gasteiger partial charge in [0.05, 0.1) is 19.6 Å². The summed E-state index contributed by atoms with van der Waals surface area (Å²) in [6.07, 6.45) is 3.70. The molecule has 19 heavy (non-hydrogen) atoms. The lowest BCUT2D eigenvalue weighted by Gasteiger charge is -2.31. The second-order valence-corrected chi connectivity index (χ2v) is 5.18. The first kappa shape index (κ1) is 16.0. The molecule has 0 radical (unpaired) electrons. The van der Waals surface area contributed by atoms with Crippen molar-refractivity contribution in [3.63, 3.8) is 0 Å². The molecular formula is C14H26N2O3. The van der Waals surface area contributed by atoms with E-state index in [1.54, 1.807) is 0 Å². The molecule has 110 valence electrons. The van der Waals surface area contributed by atoms with Crippen LogP contribution in [0.25, 0.3) is 0 Å². The van der Waals surface area contributed by atoms with Gasteiger partial charge in [-0.25, -0.2) is 0 Å². The van der Waals surface area contributed by atoms with Gasteiger partial charge in [0.25, 0.3) is 0 Å². The third-order valence-corrected chi connectivity index (χ3v) is 3.76. The molecule has 0 bridgehead atoms. The summed E-state index contributed by atoms with van der Waals surface area (Å²) in [6, 6.07) is 0.258. The van der Waals surface area contributed by atoms with Crippen LogP contribution in [0.2, 0.25) is 0 Å². The van der Waals surface area contributed by atoms with Gasteiger partial charge in [-0.05, 0) is 32.2 Å². The summed E-state index contributed by atoms with van der Waals surface area (Å²) < 4.78 is 4.78. The minimum atomic E-state index is -0.162. The number of ether oxygens (including phenoxy) is 1. The number of amides is 1. The fourth-order valence-electron chi connectivity index (χ4n) is 2.53. The van der Waals surface area contributed by atoms with Crippen molar-refractivity contribution in [2.75, 3.05) is 26.7 Å². The quantitative estimate of drug-likeness (QED) is 0.736. The maximum absolute atomic E-state index is 11.9. The second kappa shape index (κ2) is 8.15. The number of likely N-dealkylation sites (tertiary alicyclic amines) is 1. The first-order valence-corrected chi connectivity index (χ1v) is 7.20.